The van der Waals surface area contributed by atoms with Gasteiger partial charge in [0.1, 0.15) is 0 Å². The number of rotatable bonds is 5. The van der Waals surface area contributed by atoms with Crippen molar-refractivity contribution in [1.29, 1.82) is 0 Å². The molecule has 2 amide bonds. The number of anilines is 1. The molecule has 0 saturated carbocycles. The maximum Gasteiger partial charge on any atom is 0.271 e. The summed E-state index contributed by atoms with van der Waals surface area (Å²) >= 11 is 11.8. The number of benzene rings is 2. The smallest absolute Gasteiger partial charge is 0.271 e. The zero-order valence-electron chi connectivity index (χ0n) is 12.8. The van der Waals surface area contributed by atoms with Crippen molar-refractivity contribution in [2.24, 2.45) is 5.10 Å². The van der Waals surface area contributed by atoms with Gasteiger partial charge in [0.15, 0.2) is 0 Å². The minimum absolute atomic E-state index is 0.0864. The highest BCUT2D eigenvalue weighted by Gasteiger charge is 2.05. The van der Waals surface area contributed by atoms with Crippen molar-refractivity contribution < 1.29 is 9.59 Å². The summed E-state index contributed by atoms with van der Waals surface area (Å²) in [5.74, 6) is -0.457. The molecule has 0 unspecified atom stereocenters. The summed E-state index contributed by atoms with van der Waals surface area (Å²) in [7, 11) is 0. The first kappa shape index (κ1) is 18.0. The summed E-state index contributed by atoms with van der Waals surface area (Å²) in [6.45, 7) is 1.77. The summed E-state index contributed by atoms with van der Waals surface area (Å²) in [4.78, 5) is 23.3. The van der Waals surface area contributed by atoms with Crippen LogP contribution >= 0.6 is 23.2 Å². The van der Waals surface area contributed by atoms with Crippen LogP contribution in [0, 0.1) is 0 Å². The number of amides is 2. The van der Waals surface area contributed by atoms with E-state index in [9.17, 15) is 9.59 Å². The number of nitrogens with one attached hydrogen (secondary N) is 2. The third kappa shape index (κ3) is 5.08. The van der Waals surface area contributed by atoms with E-state index in [1.54, 1.807) is 49.4 Å². The van der Waals surface area contributed by atoms with Gasteiger partial charge in [-0.1, -0.05) is 36.2 Å². The van der Waals surface area contributed by atoms with Crippen molar-refractivity contribution in [3.05, 3.63) is 63.6 Å². The Hall–Kier alpha value is -2.37. The molecule has 0 radical (unpaired) electrons. The van der Waals surface area contributed by atoms with Crippen LogP contribution in [0.4, 0.5) is 5.69 Å². The average molecular weight is 364 g/mol. The molecule has 0 spiro atoms. The molecule has 2 aromatic rings. The first-order valence-corrected chi connectivity index (χ1v) is 7.93. The molecule has 7 heteroatoms. The molecule has 5 nitrogen and oxygen atoms in total. The van der Waals surface area contributed by atoms with Crippen LogP contribution in [0.25, 0.3) is 0 Å². The van der Waals surface area contributed by atoms with E-state index in [2.05, 4.69) is 15.8 Å². The second kappa shape index (κ2) is 8.47. The van der Waals surface area contributed by atoms with Crippen LogP contribution in [0.1, 0.15) is 29.3 Å². The molecular weight excluding hydrogens is 349 g/mol. The van der Waals surface area contributed by atoms with Gasteiger partial charge in [-0.2, -0.15) is 5.10 Å². The molecule has 24 heavy (non-hydrogen) atoms. The molecule has 0 saturated heterocycles. The zero-order chi connectivity index (χ0) is 17.5. The minimum atomic E-state index is -0.371. The molecule has 0 aliphatic heterocycles. The summed E-state index contributed by atoms with van der Waals surface area (Å²) in [6, 6.07) is 11.5. The van der Waals surface area contributed by atoms with E-state index in [0.717, 1.165) is 0 Å². The Morgan fingerprint density at radius 3 is 2.46 bits per heavy atom. The Kier molecular flexibility index (Phi) is 6.35. The van der Waals surface area contributed by atoms with Gasteiger partial charge < -0.3 is 5.32 Å². The Bertz CT molecular complexity index is 774. The molecule has 0 atom stereocenters. The second-order valence-electron chi connectivity index (χ2n) is 4.84. The molecule has 0 bridgehead atoms. The lowest BCUT2D eigenvalue weighted by Crippen LogP contribution is -2.17. The molecule has 0 heterocycles. The van der Waals surface area contributed by atoms with Crippen molar-refractivity contribution in [1.82, 2.24) is 5.43 Å². The zero-order valence-corrected chi connectivity index (χ0v) is 14.4. The molecule has 2 rings (SSSR count). The largest absolute Gasteiger partial charge is 0.326 e. The number of hydrazone groups is 1. The Morgan fingerprint density at radius 1 is 1.12 bits per heavy atom. The molecule has 0 aliphatic carbocycles. The summed E-state index contributed by atoms with van der Waals surface area (Å²) in [5, 5.41) is 7.54. The SMILES string of the molecule is CCC(=O)Nc1ccc(C(=O)N/N=C\c2ccc(Cl)cc2Cl)cc1. The summed E-state index contributed by atoms with van der Waals surface area (Å²) in [6.07, 6.45) is 1.83. The predicted octanol–water partition coefficient (Wildman–Crippen LogP) is 4.11. The van der Waals surface area contributed by atoms with Crippen molar-refractivity contribution >= 4 is 46.9 Å². The topological polar surface area (TPSA) is 70.6 Å². The monoisotopic (exact) mass is 363 g/mol. The second-order valence-corrected chi connectivity index (χ2v) is 5.69. The lowest BCUT2D eigenvalue weighted by atomic mass is 10.2. The van der Waals surface area contributed by atoms with Crippen LogP contribution < -0.4 is 10.7 Å². The number of hydrogen-bond acceptors (Lipinski definition) is 3. The van der Waals surface area contributed by atoms with E-state index in [4.69, 9.17) is 23.2 Å². The normalized spacial score (nSPS) is 10.6. The van der Waals surface area contributed by atoms with Gasteiger partial charge in [-0.25, -0.2) is 5.43 Å². The Morgan fingerprint density at radius 2 is 1.83 bits per heavy atom. The van der Waals surface area contributed by atoms with Crippen molar-refractivity contribution in [3.8, 4) is 0 Å². The van der Waals surface area contributed by atoms with Crippen LogP contribution in [0.2, 0.25) is 10.0 Å². The molecule has 0 fully saturated rings. The Labute approximate surface area is 149 Å². The molecule has 2 aromatic carbocycles. The van der Waals surface area contributed by atoms with E-state index in [1.807, 2.05) is 0 Å². The van der Waals surface area contributed by atoms with Crippen molar-refractivity contribution in [3.63, 3.8) is 0 Å². The maximum atomic E-state index is 12.0. The third-order valence-corrected chi connectivity index (χ3v) is 3.65. The Balaban J connectivity index is 1.97. The average Bonchev–Trinajstić information content (AvgIpc) is 2.57. The number of nitrogens with zero attached hydrogens (tertiary/aromatic N) is 1. The van der Waals surface area contributed by atoms with Gasteiger partial charge in [0.05, 0.1) is 11.2 Å². The minimum Gasteiger partial charge on any atom is -0.326 e. The number of carbonyl (C=O) groups is 2. The van der Waals surface area contributed by atoms with Crippen LogP contribution in [0.5, 0.6) is 0 Å². The molecule has 2 N–H and O–H groups in total. The lowest BCUT2D eigenvalue weighted by molar-refractivity contribution is -0.115. The van der Waals surface area contributed by atoms with Crippen LogP contribution in [-0.2, 0) is 4.79 Å². The first-order valence-electron chi connectivity index (χ1n) is 7.18. The summed E-state index contributed by atoms with van der Waals surface area (Å²) < 4.78 is 0. The fraction of sp³-hybridized carbons (Fsp3) is 0.118. The van der Waals surface area contributed by atoms with E-state index < -0.39 is 0 Å². The molecule has 0 aliphatic rings. The van der Waals surface area contributed by atoms with E-state index in [1.165, 1.54) is 6.21 Å². The van der Waals surface area contributed by atoms with Gasteiger partial charge in [0.25, 0.3) is 5.91 Å². The van der Waals surface area contributed by atoms with E-state index >= 15 is 0 Å². The fourth-order valence-electron chi connectivity index (χ4n) is 1.79. The standard InChI is InChI=1S/C17H15Cl2N3O2/c1-2-16(23)21-14-7-4-11(5-8-14)17(24)22-20-10-12-3-6-13(18)9-15(12)19/h3-10H,2H2,1H3,(H,21,23)(H,22,24)/b20-10-. The lowest BCUT2D eigenvalue weighted by Gasteiger charge is -2.05. The molecular formula is C17H15Cl2N3O2. The van der Waals surface area contributed by atoms with Gasteiger partial charge in [-0.15, -0.1) is 0 Å². The first-order chi connectivity index (χ1) is 11.5. The number of halogens is 2. The third-order valence-electron chi connectivity index (χ3n) is 3.08. The van der Waals surface area contributed by atoms with E-state index in [-0.39, 0.29) is 11.8 Å². The number of hydrogen-bond donors (Lipinski definition) is 2. The summed E-state index contributed by atoms with van der Waals surface area (Å²) in [5.41, 5.74) is 4.10. The van der Waals surface area contributed by atoms with Gasteiger partial charge >= 0.3 is 0 Å². The van der Waals surface area contributed by atoms with Gasteiger partial charge in [-0.05, 0) is 36.4 Å². The maximum absolute atomic E-state index is 12.0. The highest BCUT2D eigenvalue weighted by Crippen LogP contribution is 2.19. The van der Waals surface area contributed by atoms with Crippen LogP contribution in [0.3, 0.4) is 0 Å². The van der Waals surface area contributed by atoms with Gasteiger partial charge in [0, 0.05) is 28.3 Å². The van der Waals surface area contributed by atoms with Gasteiger partial charge in [0.2, 0.25) is 5.91 Å². The highest BCUT2D eigenvalue weighted by molar-refractivity contribution is 6.36. The van der Waals surface area contributed by atoms with Crippen LogP contribution in [0.15, 0.2) is 47.6 Å². The highest BCUT2D eigenvalue weighted by atomic mass is 35.5. The molecule has 0 aromatic heterocycles. The van der Waals surface area contributed by atoms with Gasteiger partial charge in [-0.3, -0.25) is 9.59 Å². The predicted molar refractivity (Wildman–Crippen MR) is 96.9 cm³/mol. The van der Waals surface area contributed by atoms with Crippen LogP contribution in [-0.4, -0.2) is 18.0 Å². The molecule has 124 valence electrons. The fourth-order valence-corrected chi connectivity index (χ4v) is 2.24. The quantitative estimate of drug-likeness (QED) is 0.619. The van der Waals surface area contributed by atoms with Crippen molar-refractivity contribution in [2.45, 2.75) is 13.3 Å². The van der Waals surface area contributed by atoms with Crippen molar-refractivity contribution in [2.75, 3.05) is 5.32 Å². The van der Waals surface area contributed by atoms with E-state index in [0.29, 0.717) is 33.3 Å². The number of carbonyl (C=O) groups excluding carboxylic acids is 2.